The Labute approximate surface area is 134 Å². The van der Waals surface area contributed by atoms with E-state index < -0.39 is 6.17 Å². The lowest BCUT2D eigenvalue weighted by atomic mass is 10.1. The minimum atomic E-state index is -0.586. The first-order valence-corrected chi connectivity index (χ1v) is 7.24. The number of carbonyl (C=O) groups is 2. The molecule has 0 aromatic heterocycles. The van der Waals surface area contributed by atoms with Crippen LogP contribution in [0, 0.1) is 0 Å². The molecule has 1 aliphatic rings. The van der Waals surface area contributed by atoms with E-state index in [9.17, 15) is 9.59 Å². The van der Waals surface area contributed by atoms with Gasteiger partial charge in [0.05, 0.1) is 7.11 Å². The maximum atomic E-state index is 12.6. The number of hydrogen-bond donors (Lipinski definition) is 1. The van der Waals surface area contributed by atoms with Crippen LogP contribution in [0.5, 0.6) is 0 Å². The SMILES string of the molecule is CON1C(=O)CN(C(=O)Nc2ccccc2)[C@@H]1c1ccccc1. The molecule has 2 aromatic rings. The number of amides is 3. The van der Waals surface area contributed by atoms with Gasteiger partial charge in [0, 0.05) is 5.69 Å². The molecule has 0 bridgehead atoms. The standard InChI is InChI=1S/C17H17N3O3/c1-23-20-15(21)12-19(16(20)13-8-4-2-5-9-13)17(22)18-14-10-6-3-7-11-14/h2-11,16H,12H2,1H3,(H,18,22)/t16-/m0/s1. The molecule has 1 fully saturated rings. The number of rotatable bonds is 3. The van der Waals surface area contributed by atoms with Crippen molar-refractivity contribution in [3.8, 4) is 0 Å². The third-order valence-corrected chi connectivity index (χ3v) is 3.65. The number of carbonyl (C=O) groups excluding carboxylic acids is 2. The molecule has 118 valence electrons. The summed E-state index contributed by atoms with van der Waals surface area (Å²) in [6.07, 6.45) is -0.586. The summed E-state index contributed by atoms with van der Waals surface area (Å²) in [5.74, 6) is -0.260. The zero-order valence-electron chi connectivity index (χ0n) is 12.7. The molecule has 0 spiro atoms. The van der Waals surface area contributed by atoms with Crippen LogP contribution in [0.4, 0.5) is 10.5 Å². The van der Waals surface area contributed by atoms with Crippen LogP contribution in [0.3, 0.4) is 0 Å². The van der Waals surface area contributed by atoms with Crippen molar-refractivity contribution in [1.29, 1.82) is 0 Å². The minimum absolute atomic E-state index is 0.0356. The molecule has 2 aromatic carbocycles. The van der Waals surface area contributed by atoms with Crippen LogP contribution in [-0.2, 0) is 9.63 Å². The number of benzene rings is 2. The zero-order valence-corrected chi connectivity index (χ0v) is 12.7. The van der Waals surface area contributed by atoms with Gasteiger partial charge in [-0.25, -0.2) is 4.79 Å². The summed E-state index contributed by atoms with van der Waals surface area (Å²) < 4.78 is 0. The predicted octanol–water partition coefficient (Wildman–Crippen LogP) is 2.62. The van der Waals surface area contributed by atoms with E-state index in [0.717, 1.165) is 5.56 Å². The Morgan fingerprint density at radius 3 is 2.30 bits per heavy atom. The Bertz CT molecular complexity index is 691. The van der Waals surface area contributed by atoms with Crippen molar-refractivity contribution in [2.24, 2.45) is 0 Å². The molecular weight excluding hydrogens is 294 g/mol. The number of anilines is 1. The molecule has 1 saturated heterocycles. The van der Waals surface area contributed by atoms with Crippen LogP contribution in [0.1, 0.15) is 11.7 Å². The summed E-state index contributed by atoms with van der Waals surface area (Å²) >= 11 is 0. The summed E-state index contributed by atoms with van der Waals surface area (Å²) in [5, 5.41) is 4.02. The highest BCUT2D eigenvalue weighted by molar-refractivity contribution is 5.94. The van der Waals surface area contributed by atoms with E-state index >= 15 is 0 Å². The van der Waals surface area contributed by atoms with Crippen molar-refractivity contribution in [2.45, 2.75) is 6.17 Å². The Kier molecular flexibility index (Phi) is 4.25. The molecule has 0 aliphatic carbocycles. The van der Waals surface area contributed by atoms with E-state index in [4.69, 9.17) is 4.84 Å². The topological polar surface area (TPSA) is 61.9 Å². The maximum Gasteiger partial charge on any atom is 0.324 e. The molecule has 1 N–H and O–H groups in total. The van der Waals surface area contributed by atoms with Crippen molar-refractivity contribution in [3.05, 3.63) is 66.2 Å². The monoisotopic (exact) mass is 311 g/mol. The number of hydrogen-bond acceptors (Lipinski definition) is 3. The average molecular weight is 311 g/mol. The van der Waals surface area contributed by atoms with Gasteiger partial charge in [-0.3, -0.25) is 14.5 Å². The normalized spacial score (nSPS) is 17.4. The van der Waals surface area contributed by atoms with E-state index in [-0.39, 0.29) is 18.5 Å². The Balaban J connectivity index is 1.87. The second kappa shape index (κ2) is 6.50. The molecule has 1 heterocycles. The summed E-state index contributed by atoms with van der Waals surface area (Å²) in [4.78, 5) is 31.4. The van der Waals surface area contributed by atoms with E-state index in [1.54, 1.807) is 12.1 Å². The van der Waals surface area contributed by atoms with Crippen LogP contribution in [-0.4, -0.2) is 35.6 Å². The van der Waals surface area contributed by atoms with Gasteiger partial charge in [0.15, 0.2) is 6.17 Å². The first-order valence-electron chi connectivity index (χ1n) is 7.24. The van der Waals surface area contributed by atoms with Gasteiger partial charge in [-0.05, 0) is 17.7 Å². The van der Waals surface area contributed by atoms with Crippen LogP contribution in [0.15, 0.2) is 60.7 Å². The lowest BCUT2D eigenvalue weighted by Gasteiger charge is -2.28. The molecule has 6 nitrogen and oxygen atoms in total. The van der Waals surface area contributed by atoms with Crippen LogP contribution in [0.2, 0.25) is 0 Å². The first-order chi connectivity index (χ1) is 11.2. The van der Waals surface area contributed by atoms with E-state index in [2.05, 4.69) is 5.32 Å². The molecule has 23 heavy (non-hydrogen) atoms. The third kappa shape index (κ3) is 3.02. The summed E-state index contributed by atoms with van der Waals surface area (Å²) in [5.41, 5.74) is 1.48. The molecule has 3 rings (SSSR count). The van der Waals surface area contributed by atoms with Gasteiger partial charge in [0.25, 0.3) is 5.91 Å². The fourth-order valence-electron chi connectivity index (χ4n) is 2.61. The van der Waals surface area contributed by atoms with Gasteiger partial charge in [0.1, 0.15) is 6.54 Å². The Hall–Kier alpha value is -2.86. The molecule has 3 amide bonds. The van der Waals surface area contributed by atoms with Crippen LogP contribution >= 0.6 is 0 Å². The van der Waals surface area contributed by atoms with Crippen molar-refractivity contribution < 1.29 is 14.4 Å². The Morgan fingerprint density at radius 1 is 1.09 bits per heavy atom. The van der Waals surface area contributed by atoms with E-state index in [0.29, 0.717) is 5.69 Å². The van der Waals surface area contributed by atoms with Crippen molar-refractivity contribution in [2.75, 3.05) is 19.0 Å². The minimum Gasteiger partial charge on any atom is -0.308 e. The third-order valence-electron chi connectivity index (χ3n) is 3.65. The Morgan fingerprint density at radius 2 is 1.70 bits per heavy atom. The molecule has 0 unspecified atom stereocenters. The number of urea groups is 1. The van der Waals surface area contributed by atoms with Crippen LogP contribution in [0.25, 0.3) is 0 Å². The van der Waals surface area contributed by atoms with Gasteiger partial charge in [0.2, 0.25) is 0 Å². The number of hydroxylamine groups is 2. The molecule has 0 saturated carbocycles. The lowest BCUT2D eigenvalue weighted by Crippen LogP contribution is -2.37. The second-order valence-corrected chi connectivity index (χ2v) is 5.11. The molecule has 1 aliphatic heterocycles. The van der Waals surface area contributed by atoms with Gasteiger partial charge in [-0.2, -0.15) is 5.06 Å². The summed E-state index contributed by atoms with van der Waals surface area (Å²) in [7, 11) is 1.42. The second-order valence-electron chi connectivity index (χ2n) is 5.11. The van der Waals surface area contributed by atoms with E-state index in [1.165, 1.54) is 17.1 Å². The summed E-state index contributed by atoms with van der Waals surface area (Å²) in [6, 6.07) is 18.1. The fourth-order valence-corrected chi connectivity index (χ4v) is 2.61. The van der Waals surface area contributed by atoms with E-state index in [1.807, 2.05) is 48.5 Å². The van der Waals surface area contributed by atoms with Crippen LogP contribution < -0.4 is 5.32 Å². The van der Waals surface area contributed by atoms with Gasteiger partial charge in [-0.15, -0.1) is 0 Å². The van der Waals surface area contributed by atoms with Crippen molar-refractivity contribution >= 4 is 17.6 Å². The first kappa shape index (κ1) is 15.1. The highest BCUT2D eigenvalue weighted by atomic mass is 16.7. The molecule has 6 heteroatoms. The van der Waals surface area contributed by atoms with Crippen molar-refractivity contribution in [3.63, 3.8) is 0 Å². The van der Waals surface area contributed by atoms with Gasteiger partial charge >= 0.3 is 6.03 Å². The number of para-hydroxylation sites is 1. The largest absolute Gasteiger partial charge is 0.324 e. The summed E-state index contributed by atoms with van der Waals surface area (Å²) in [6.45, 7) is -0.0356. The molecule has 1 atom stereocenters. The van der Waals surface area contributed by atoms with Crippen molar-refractivity contribution in [1.82, 2.24) is 9.96 Å². The number of nitrogens with zero attached hydrogens (tertiary/aromatic N) is 2. The molecule has 0 radical (unpaired) electrons. The molecular formula is C17H17N3O3. The predicted molar refractivity (Wildman–Crippen MR) is 85.2 cm³/mol. The lowest BCUT2D eigenvalue weighted by molar-refractivity contribution is -0.182. The highest BCUT2D eigenvalue weighted by Gasteiger charge is 2.42. The van der Waals surface area contributed by atoms with Gasteiger partial charge in [-0.1, -0.05) is 48.5 Å². The fraction of sp³-hybridized carbons (Fsp3) is 0.176. The number of nitrogens with one attached hydrogen (secondary N) is 1. The quantitative estimate of drug-likeness (QED) is 0.948. The smallest absolute Gasteiger partial charge is 0.308 e. The maximum absolute atomic E-state index is 12.6. The zero-order chi connectivity index (χ0) is 16.2. The average Bonchev–Trinajstić information content (AvgIpc) is 2.93. The van der Waals surface area contributed by atoms with Gasteiger partial charge < -0.3 is 5.32 Å². The highest BCUT2D eigenvalue weighted by Crippen LogP contribution is 2.31.